The van der Waals surface area contributed by atoms with E-state index in [2.05, 4.69) is 26.8 Å². The Morgan fingerprint density at radius 3 is 2.68 bits per heavy atom. The van der Waals surface area contributed by atoms with Crippen molar-refractivity contribution in [1.29, 1.82) is 0 Å². The molecular formula is C17H26O5. The van der Waals surface area contributed by atoms with Gasteiger partial charge in [0, 0.05) is 7.11 Å². The first-order valence-electron chi connectivity index (χ1n) is 8.04. The fourth-order valence-corrected chi connectivity index (χ4v) is 4.16. The van der Waals surface area contributed by atoms with Gasteiger partial charge in [0.1, 0.15) is 23.4 Å². The highest BCUT2D eigenvalue weighted by Gasteiger charge is 2.72. The zero-order valence-corrected chi connectivity index (χ0v) is 13.8. The third kappa shape index (κ3) is 2.59. The molecule has 6 atom stereocenters. The van der Waals surface area contributed by atoms with Crippen molar-refractivity contribution in [3.05, 3.63) is 11.6 Å². The quantitative estimate of drug-likeness (QED) is 0.428. The molecule has 5 heteroatoms. The van der Waals surface area contributed by atoms with Crippen LogP contribution in [0.15, 0.2) is 11.6 Å². The number of carbonyl (C=O) groups is 1. The van der Waals surface area contributed by atoms with Crippen LogP contribution in [0, 0.1) is 5.92 Å². The summed E-state index contributed by atoms with van der Waals surface area (Å²) in [6.45, 7) is 7.60. The number of rotatable bonds is 6. The number of hydrogen-bond acceptors (Lipinski definition) is 5. The number of epoxide rings is 2. The highest BCUT2D eigenvalue weighted by atomic mass is 16.6. The third-order valence-electron chi connectivity index (χ3n) is 5.47. The average molecular weight is 310 g/mol. The lowest BCUT2D eigenvalue weighted by Gasteiger charge is -2.42. The van der Waals surface area contributed by atoms with Gasteiger partial charge in [0.05, 0.1) is 18.6 Å². The van der Waals surface area contributed by atoms with E-state index in [-0.39, 0.29) is 35.4 Å². The first-order chi connectivity index (χ1) is 10.5. The van der Waals surface area contributed by atoms with Crippen molar-refractivity contribution in [3.63, 3.8) is 0 Å². The summed E-state index contributed by atoms with van der Waals surface area (Å²) in [5.41, 5.74) is 0.871. The van der Waals surface area contributed by atoms with Crippen molar-refractivity contribution in [2.24, 2.45) is 5.92 Å². The summed E-state index contributed by atoms with van der Waals surface area (Å²) < 4.78 is 22.9. The lowest BCUT2D eigenvalue weighted by molar-refractivity contribution is -0.158. The number of allylic oxidation sites excluding steroid dienone is 1. The van der Waals surface area contributed by atoms with Crippen molar-refractivity contribution in [2.75, 3.05) is 13.7 Å². The Kier molecular flexibility index (Phi) is 4.08. The second-order valence-electron chi connectivity index (χ2n) is 7.15. The number of ether oxygens (including phenoxy) is 4. The number of hydrogen-bond donors (Lipinski definition) is 0. The van der Waals surface area contributed by atoms with E-state index in [1.807, 2.05) is 0 Å². The maximum absolute atomic E-state index is 10.8. The molecule has 1 spiro atoms. The Bertz CT molecular complexity index is 466. The Morgan fingerprint density at radius 2 is 2.14 bits per heavy atom. The molecule has 1 saturated carbocycles. The van der Waals surface area contributed by atoms with Crippen LogP contribution in [0.4, 0.5) is 0 Å². The second kappa shape index (κ2) is 5.62. The standard InChI is InChI=1S/C17H26O5/c1-11(2)5-6-13-16(3,22-13)15-14(19-4)12(20-10-18)7-8-17(15)9-21-17/h5,10,12-15H,6-9H2,1-4H3. The van der Waals surface area contributed by atoms with Gasteiger partial charge in [-0.25, -0.2) is 0 Å². The van der Waals surface area contributed by atoms with Crippen LogP contribution in [0.25, 0.3) is 0 Å². The van der Waals surface area contributed by atoms with Crippen LogP contribution in [0.5, 0.6) is 0 Å². The molecule has 0 aromatic rings. The minimum Gasteiger partial charge on any atom is -0.462 e. The molecule has 1 aliphatic carbocycles. The van der Waals surface area contributed by atoms with Gasteiger partial charge in [-0.1, -0.05) is 11.6 Å². The van der Waals surface area contributed by atoms with Gasteiger partial charge in [-0.05, 0) is 40.0 Å². The molecule has 5 nitrogen and oxygen atoms in total. The molecule has 2 heterocycles. The molecule has 124 valence electrons. The molecule has 0 aromatic carbocycles. The van der Waals surface area contributed by atoms with Crippen LogP contribution in [-0.4, -0.2) is 49.7 Å². The summed E-state index contributed by atoms with van der Waals surface area (Å²) in [5.74, 6) is 0.0965. The fraction of sp³-hybridized carbons (Fsp3) is 0.824. The largest absolute Gasteiger partial charge is 0.462 e. The van der Waals surface area contributed by atoms with E-state index in [1.165, 1.54) is 5.57 Å². The van der Waals surface area contributed by atoms with Gasteiger partial charge in [0.2, 0.25) is 0 Å². The highest BCUT2D eigenvalue weighted by molar-refractivity contribution is 5.38. The minimum atomic E-state index is -0.270. The van der Waals surface area contributed by atoms with Gasteiger partial charge in [-0.2, -0.15) is 0 Å². The molecule has 0 N–H and O–H groups in total. The third-order valence-corrected chi connectivity index (χ3v) is 5.47. The van der Waals surface area contributed by atoms with Gasteiger partial charge >= 0.3 is 0 Å². The van der Waals surface area contributed by atoms with Gasteiger partial charge in [0.25, 0.3) is 6.47 Å². The van der Waals surface area contributed by atoms with E-state index in [0.29, 0.717) is 6.47 Å². The summed E-state index contributed by atoms with van der Waals surface area (Å²) in [6.07, 6.45) is 4.57. The van der Waals surface area contributed by atoms with Gasteiger partial charge in [-0.3, -0.25) is 4.79 Å². The normalized spacial score (nSPS) is 46.2. The molecule has 0 radical (unpaired) electrons. The average Bonchev–Trinajstić information content (AvgIpc) is 3.37. The number of carbonyl (C=O) groups excluding carboxylic acids is 1. The number of methoxy groups -OCH3 is 1. The SMILES string of the molecule is COC1C(OC=O)CCC2(CO2)C1C1(C)OC1CC=C(C)C. The van der Waals surface area contributed by atoms with Crippen molar-refractivity contribution < 1.29 is 23.7 Å². The van der Waals surface area contributed by atoms with E-state index in [9.17, 15) is 4.79 Å². The molecule has 3 aliphatic rings. The van der Waals surface area contributed by atoms with Gasteiger partial charge in [-0.15, -0.1) is 0 Å². The van der Waals surface area contributed by atoms with Crippen LogP contribution >= 0.6 is 0 Å². The van der Waals surface area contributed by atoms with E-state index >= 15 is 0 Å². The van der Waals surface area contributed by atoms with Crippen LogP contribution in [0.3, 0.4) is 0 Å². The van der Waals surface area contributed by atoms with Crippen LogP contribution in [0.2, 0.25) is 0 Å². The molecule has 0 bridgehead atoms. The monoisotopic (exact) mass is 310 g/mol. The Hall–Kier alpha value is -0.910. The summed E-state index contributed by atoms with van der Waals surface area (Å²) in [4.78, 5) is 10.8. The Labute approximate surface area is 131 Å². The van der Waals surface area contributed by atoms with Crippen molar-refractivity contribution >= 4 is 6.47 Å². The van der Waals surface area contributed by atoms with E-state index in [4.69, 9.17) is 18.9 Å². The van der Waals surface area contributed by atoms with Crippen LogP contribution < -0.4 is 0 Å². The maximum Gasteiger partial charge on any atom is 0.293 e. The predicted molar refractivity (Wildman–Crippen MR) is 80.5 cm³/mol. The predicted octanol–water partition coefficient (Wildman–Crippen LogP) is 2.24. The lowest BCUT2D eigenvalue weighted by Crippen LogP contribution is -2.55. The molecule has 3 fully saturated rings. The molecule has 0 amide bonds. The Balaban J connectivity index is 1.79. The molecular weight excluding hydrogens is 284 g/mol. The van der Waals surface area contributed by atoms with E-state index < -0.39 is 0 Å². The smallest absolute Gasteiger partial charge is 0.293 e. The van der Waals surface area contributed by atoms with Crippen molar-refractivity contribution in [2.45, 2.75) is 69.5 Å². The molecule has 0 aromatic heterocycles. The molecule has 2 aliphatic heterocycles. The molecule has 6 unspecified atom stereocenters. The van der Waals surface area contributed by atoms with Crippen molar-refractivity contribution in [3.8, 4) is 0 Å². The minimum absolute atomic E-state index is 0.0965. The lowest BCUT2D eigenvalue weighted by atomic mass is 9.68. The first-order valence-corrected chi connectivity index (χ1v) is 8.04. The first kappa shape index (κ1) is 16.0. The summed E-state index contributed by atoms with van der Waals surface area (Å²) in [5, 5.41) is 0. The molecule has 3 rings (SSSR count). The van der Waals surface area contributed by atoms with E-state index in [1.54, 1.807) is 7.11 Å². The highest BCUT2D eigenvalue weighted by Crippen LogP contribution is 2.59. The second-order valence-corrected chi connectivity index (χ2v) is 7.15. The van der Waals surface area contributed by atoms with Gasteiger partial charge in [0.15, 0.2) is 0 Å². The molecule has 22 heavy (non-hydrogen) atoms. The zero-order valence-electron chi connectivity index (χ0n) is 13.8. The summed E-state index contributed by atoms with van der Waals surface area (Å²) in [6, 6.07) is 0. The van der Waals surface area contributed by atoms with Crippen molar-refractivity contribution in [1.82, 2.24) is 0 Å². The summed E-state index contributed by atoms with van der Waals surface area (Å²) >= 11 is 0. The molecule has 2 saturated heterocycles. The summed E-state index contributed by atoms with van der Waals surface area (Å²) in [7, 11) is 1.68. The van der Waals surface area contributed by atoms with Crippen LogP contribution in [-0.2, 0) is 23.7 Å². The fourth-order valence-electron chi connectivity index (χ4n) is 4.16. The topological polar surface area (TPSA) is 60.6 Å². The maximum atomic E-state index is 10.8. The van der Waals surface area contributed by atoms with Gasteiger partial charge < -0.3 is 18.9 Å². The van der Waals surface area contributed by atoms with Crippen LogP contribution in [0.1, 0.15) is 40.0 Å². The zero-order chi connectivity index (χ0) is 16.0. The van der Waals surface area contributed by atoms with E-state index in [0.717, 1.165) is 25.9 Å². The Morgan fingerprint density at radius 1 is 1.41 bits per heavy atom.